The Bertz CT molecular complexity index is 1330. The van der Waals surface area contributed by atoms with E-state index < -0.39 is 11.7 Å². The first kappa shape index (κ1) is 23.4. The van der Waals surface area contributed by atoms with Crippen molar-refractivity contribution in [1.29, 1.82) is 0 Å². The Hall–Kier alpha value is -3.80. The number of ether oxygens (including phenoxy) is 2. The Morgan fingerprint density at radius 1 is 1.00 bits per heavy atom. The van der Waals surface area contributed by atoms with Crippen LogP contribution in [0.4, 0.5) is 18.9 Å². The van der Waals surface area contributed by atoms with E-state index in [-0.39, 0.29) is 17.3 Å². The largest absolute Gasteiger partial charge is 0.493 e. The summed E-state index contributed by atoms with van der Waals surface area (Å²) in [5.41, 5.74) is 0.719. The Morgan fingerprint density at radius 2 is 1.74 bits per heavy atom. The first-order valence-electron chi connectivity index (χ1n) is 9.83. The Kier molecular flexibility index (Phi) is 6.59. The first-order valence-corrected chi connectivity index (χ1v) is 10.8. The number of halogens is 3. The van der Waals surface area contributed by atoms with Crippen LogP contribution in [0.25, 0.3) is 17.0 Å². The Morgan fingerprint density at radius 3 is 2.41 bits per heavy atom. The zero-order chi connectivity index (χ0) is 24.3. The van der Waals surface area contributed by atoms with Gasteiger partial charge in [0.1, 0.15) is 5.03 Å². The number of carbonyl (C=O) groups is 1. The number of hydrogen-bond donors (Lipinski definition) is 1. The molecule has 0 atom stereocenters. The number of carbonyl (C=O) groups excluding carboxylic acids is 1. The molecule has 0 unspecified atom stereocenters. The van der Waals surface area contributed by atoms with Crippen LogP contribution in [-0.4, -0.2) is 45.7 Å². The Balaban J connectivity index is 1.47. The molecule has 0 fully saturated rings. The summed E-state index contributed by atoms with van der Waals surface area (Å²) in [7, 11) is 3.08. The van der Waals surface area contributed by atoms with Gasteiger partial charge in [-0.25, -0.2) is 0 Å². The molecule has 176 valence electrons. The van der Waals surface area contributed by atoms with Crippen LogP contribution in [-0.2, 0) is 11.0 Å². The van der Waals surface area contributed by atoms with Gasteiger partial charge >= 0.3 is 6.18 Å². The van der Waals surface area contributed by atoms with Crippen molar-refractivity contribution in [3.8, 4) is 22.9 Å². The predicted molar refractivity (Wildman–Crippen MR) is 120 cm³/mol. The summed E-state index contributed by atoms with van der Waals surface area (Å²) >= 11 is 1.17. The van der Waals surface area contributed by atoms with Crippen molar-refractivity contribution in [2.24, 2.45) is 0 Å². The number of nitrogens with zero attached hydrogens (tertiary/aromatic N) is 4. The Labute approximate surface area is 196 Å². The number of hydrogen-bond acceptors (Lipinski definition) is 7. The number of methoxy groups -OCH3 is 2. The average molecular weight is 489 g/mol. The summed E-state index contributed by atoms with van der Waals surface area (Å²) in [6, 6.07) is 13.0. The summed E-state index contributed by atoms with van der Waals surface area (Å²) in [6.45, 7) is 0. The molecule has 2 heterocycles. The van der Waals surface area contributed by atoms with Crippen LogP contribution < -0.4 is 14.8 Å². The highest BCUT2D eigenvalue weighted by molar-refractivity contribution is 7.99. The van der Waals surface area contributed by atoms with Gasteiger partial charge in [-0.1, -0.05) is 11.8 Å². The normalized spacial score (nSPS) is 11.4. The molecule has 4 aromatic rings. The van der Waals surface area contributed by atoms with Gasteiger partial charge in [-0.15, -0.1) is 10.2 Å². The second kappa shape index (κ2) is 9.59. The summed E-state index contributed by atoms with van der Waals surface area (Å²) in [6.07, 6.45) is -4.43. The molecule has 1 N–H and O–H groups in total. The van der Waals surface area contributed by atoms with Crippen molar-refractivity contribution < 1.29 is 27.4 Å². The molecule has 2 aromatic heterocycles. The minimum atomic E-state index is -4.43. The molecule has 0 saturated carbocycles. The van der Waals surface area contributed by atoms with E-state index >= 15 is 0 Å². The van der Waals surface area contributed by atoms with Crippen molar-refractivity contribution in [1.82, 2.24) is 19.8 Å². The van der Waals surface area contributed by atoms with Crippen LogP contribution in [0.5, 0.6) is 11.5 Å². The van der Waals surface area contributed by atoms with Crippen molar-refractivity contribution in [2.75, 3.05) is 25.3 Å². The van der Waals surface area contributed by atoms with Gasteiger partial charge in [0.05, 0.1) is 25.5 Å². The molecule has 0 radical (unpaired) electrons. The van der Waals surface area contributed by atoms with Gasteiger partial charge in [0.25, 0.3) is 0 Å². The standard InChI is InChI=1S/C22H18F3N5O3S/c1-32-16-8-3-13(11-17(16)33-2)21-28-27-18-9-10-20(29-30(18)21)34-12-19(31)26-15-6-4-14(5-7-15)22(23,24)25/h3-11H,12H2,1-2H3,(H,26,31). The monoisotopic (exact) mass is 489 g/mol. The van der Waals surface area contributed by atoms with E-state index in [4.69, 9.17) is 9.47 Å². The highest BCUT2D eigenvalue weighted by atomic mass is 32.2. The predicted octanol–water partition coefficient (Wildman–Crippen LogP) is 4.56. The van der Waals surface area contributed by atoms with Crippen LogP contribution >= 0.6 is 11.8 Å². The minimum Gasteiger partial charge on any atom is -0.493 e. The van der Waals surface area contributed by atoms with E-state index in [9.17, 15) is 18.0 Å². The molecule has 0 saturated heterocycles. The molecule has 0 aliphatic carbocycles. The van der Waals surface area contributed by atoms with Gasteiger partial charge in [0, 0.05) is 11.3 Å². The van der Waals surface area contributed by atoms with Crippen molar-refractivity contribution in [3.63, 3.8) is 0 Å². The first-order chi connectivity index (χ1) is 16.3. The average Bonchev–Trinajstić information content (AvgIpc) is 3.25. The molecule has 8 nitrogen and oxygen atoms in total. The molecular formula is C22H18F3N5O3S. The molecule has 34 heavy (non-hydrogen) atoms. The fourth-order valence-electron chi connectivity index (χ4n) is 3.08. The van der Waals surface area contributed by atoms with Crippen LogP contribution in [0.2, 0.25) is 0 Å². The zero-order valence-corrected chi connectivity index (χ0v) is 18.8. The summed E-state index contributed by atoms with van der Waals surface area (Å²) < 4.78 is 50.2. The fourth-order valence-corrected chi connectivity index (χ4v) is 3.74. The maximum absolute atomic E-state index is 12.7. The number of benzene rings is 2. The number of amides is 1. The third-order valence-corrected chi connectivity index (χ3v) is 5.65. The number of thioether (sulfide) groups is 1. The van der Waals surface area contributed by atoms with E-state index in [1.807, 2.05) is 0 Å². The van der Waals surface area contributed by atoms with Crippen LogP contribution in [0, 0.1) is 0 Å². The number of alkyl halides is 3. The number of fused-ring (bicyclic) bond motifs is 1. The summed E-state index contributed by atoms with van der Waals surface area (Å²) in [4.78, 5) is 12.3. The van der Waals surface area contributed by atoms with Gasteiger partial charge in [0.2, 0.25) is 5.91 Å². The summed E-state index contributed by atoms with van der Waals surface area (Å²) in [5.74, 6) is 1.21. The molecular weight excluding hydrogens is 471 g/mol. The van der Waals surface area contributed by atoms with Crippen LogP contribution in [0.15, 0.2) is 59.6 Å². The van der Waals surface area contributed by atoms with E-state index in [1.54, 1.807) is 42.0 Å². The molecule has 0 spiro atoms. The van der Waals surface area contributed by atoms with Gasteiger partial charge in [0.15, 0.2) is 23.0 Å². The number of aromatic nitrogens is 4. The highest BCUT2D eigenvalue weighted by Gasteiger charge is 2.30. The maximum Gasteiger partial charge on any atom is 0.416 e. The van der Waals surface area contributed by atoms with E-state index in [1.165, 1.54) is 31.0 Å². The molecule has 0 aliphatic rings. The molecule has 12 heteroatoms. The van der Waals surface area contributed by atoms with Gasteiger partial charge in [-0.05, 0) is 54.6 Å². The van der Waals surface area contributed by atoms with E-state index in [2.05, 4.69) is 20.6 Å². The third kappa shape index (κ3) is 5.06. The van der Waals surface area contributed by atoms with Crippen molar-refractivity contribution in [2.45, 2.75) is 11.2 Å². The molecule has 0 bridgehead atoms. The minimum absolute atomic E-state index is 0.00729. The fraction of sp³-hybridized carbons (Fsp3) is 0.182. The quantitative estimate of drug-likeness (QED) is 0.381. The van der Waals surface area contributed by atoms with Crippen LogP contribution in [0.1, 0.15) is 5.56 Å². The lowest BCUT2D eigenvalue weighted by molar-refractivity contribution is -0.137. The van der Waals surface area contributed by atoms with Gasteiger partial charge < -0.3 is 14.8 Å². The molecule has 1 amide bonds. The molecule has 4 rings (SSSR count). The van der Waals surface area contributed by atoms with Gasteiger partial charge in [-0.2, -0.15) is 22.8 Å². The molecule has 2 aromatic carbocycles. The zero-order valence-electron chi connectivity index (χ0n) is 18.0. The van der Waals surface area contributed by atoms with Crippen LogP contribution in [0.3, 0.4) is 0 Å². The number of rotatable bonds is 7. The summed E-state index contributed by atoms with van der Waals surface area (Å²) in [5, 5.41) is 15.9. The second-order valence-electron chi connectivity index (χ2n) is 6.95. The van der Waals surface area contributed by atoms with E-state index in [0.717, 1.165) is 12.1 Å². The van der Waals surface area contributed by atoms with Crippen molar-refractivity contribution >= 4 is 29.0 Å². The van der Waals surface area contributed by atoms with Gasteiger partial charge in [-0.3, -0.25) is 4.79 Å². The SMILES string of the molecule is COc1ccc(-c2nnc3ccc(SCC(=O)Nc4ccc(C(F)(F)F)cc4)nn23)cc1OC. The lowest BCUT2D eigenvalue weighted by Crippen LogP contribution is -2.14. The topological polar surface area (TPSA) is 90.6 Å². The van der Waals surface area contributed by atoms with Crippen molar-refractivity contribution in [3.05, 3.63) is 60.2 Å². The lowest BCUT2D eigenvalue weighted by atomic mass is 10.2. The third-order valence-electron chi connectivity index (χ3n) is 4.73. The van der Waals surface area contributed by atoms with E-state index in [0.29, 0.717) is 33.6 Å². The number of nitrogens with one attached hydrogen (secondary N) is 1. The smallest absolute Gasteiger partial charge is 0.416 e. The highest BCUT2D eigenvalue weighted by Crippen LogP contribution is 2.32. The lowest BCUT2D eigenvalue weighted by Gasteiger charge is -2.09. The number of anilines is 1. The maximum atomic E-state index is 12.7. The second-order valence-corrected chi connectivity index (χ2v) is 7.94. The molecule has 0 aliphatic heterocycles.